The van der Waals surface area contributed by atoms with E-state index in [-0.39, 0.29) is 0 Å². The fourth-order valence-corrected chi connectivity index (χ4v) is 10.7. The molecule has 6 aromatic carbocycles. The van der Waals surface area contributed by atoms with Crippen LogP contribution in [-0.4, -0.2) is 87.1 Å². The molecule has 358 valence electrons. The topological polar surface area (TPSA) is 92.3 Å². The normalized spacial score (nSPS) is 25.0. The monoisotopic (exact) mass is 958 g/mol. The Hall–Kier alpha value is -4.38. The Morgan fingerprint density at radius 1 is 0.309 bits per heavy atom. The van der Waals surface area contributed by atoms with Crippen LogP contribution in [-0.2, 0) is 87.0 Å². The molecule has 2 aliphatic heterocycles. The Morgan fingerprint density at radius 3 is 0.765 bits per heavy atom. The Labute approximate surface area is 409 Å². The molecule has 0 aliphatic carbocycles. The largest absolute Gasteiger partial charge is 0.368 e. The smallest absolute Gasteiger partial charge is 0.186 e. The number of methoxy groups -OCH3 is 2. The number of rotatable bonds is 25. The molecule has 10 nitrogen and oxygen atoms in total. The zero-order valence-corrected chi connectivity index (χ0v) is 40.3. The van der Waals surface area contributed by atoms with Crippen LogP contribution in [0.1, 0.15) is 33.4 Å². The summed E-state index contributed by atoms with van der Waals surface area (Å²) in [4.78, 5) is 0. The number of ether oxygens (including phenoxy) is 10. The minimum Gasteiger partial charge on any atom is -0.368 e. The van der Waals surface area contributed by atoms with Gasteiger partial charge < -0.3 is 47.4 Å². The van der Waals surface area contributed by atoms with Gasteiger partial charge >= 0.3 is 0 Å². The lowest BCUT2D eigenvalue weighted by Gasteiger charge is -2.46. The van der Waals surface area contributed by atoms with Crippen molar-refractivity contribution in [3.05, 3.63) is 215 Å². The van der Waals surface area contributed by atoms with Gasteiger partial charge in [-0.1, -0.05) is 204 Å². The van der Waals surface area contributed by atoms with Crippen LogP contribution < -0.4 is 0 Å². The van der Waals surface area contributed by atoms with E-state index in [1.807, 2.05) is 133 Å². The van der Waals surface area contributed by atoms with Crippen LogP contribution in [0.5, 0.6) is 0 Å². The summed E-state index contributed by atoms with van der Waals surface area (Å²) in [5, 5.41) is 0. The highest BCUT2D eigenvalue weighted by molar-refractivity contribution is 8.76. The Balaban J connectivity index is 1.02. The molecular formula is C56H62O10S2. The lowest BCUT2D eigenvalue weighted by atomic mass is 9.98. The van der Waals surface area contributed by atoms with Gasteiger partial charge in [0.05, 0.1) is 51.8 Å². The van der Waals surface area contributed by atoms with E-state index in [1.165, 1.54) is 0 Å². The first kappa shape index (κ1) is 50.0. The van der Waals surface area contributed by atoms with Crippen molar-refractivity contribution in [1.29, 1.82) is 0 Å². The van der Waals surface area contributed by atoms with Gasteiger partial charge in [0.2, 0.25) is 0 Å². The summed E-state index contributed by atoms with van der Waals surface area (Å²) < 4.78 is 66.6. The number of benzene rings is 6. The SMILES string of the molecule is CO[C@H]1O[C@H](CSSC[C@H]2O[C@H](OC)[C@@H](OCc3ccccc3)[C@@H](OCc3ccccc3)[C@@H]2OCc2ccccc2)[C@@H](OCc2ccccc2)[C@H](OCc2ccccc2)[C@@H]1OCc1ccccc1. The molecule has 6 aromatic rings. The maximum absolute atomic E-state index is 6.87. The second kappa shape index (κ2) is 27.1. The van der Waals surface area contributed by atoms with Gasteiger partial charge in [-0.25, -0.2) is 0 Å². The summed E-state index contributed by atoms with van der Waals surface area (Å²) in [5.74, 6) is 1.10. The van der Waals surface area contributed by atoms with Crippen molar-refractivity contribution < 1.29 is 47.4 Å². The third-order valence-corrected chi connectivity index (χ3v) is 14.3. The van der Waals surface area contributed by atoms with Crippen molar-refractivity contribution >= 4 is 21.6 Å². The quantitative estimate of drug-likeness (QED) is 0.0404. The highest BCUT2D eigenvalue weighted by Gasteiger charge is 2.50. The van der Waals surface area contributed by atoms with Crippen molar-refractivity contribution in [2.75, 3.05) is 25.7 Å². The molecule has 0 amide bonds. The van der Waals surface area contributed by atoms with Gasteiger partial charge in [0.15, 0.2) is 12.6 Å². The van der Waals surface area contributed by atoms with Crippen molar-refractivity contribution in [3.8, 4) is 0 Å². The highest BCUT2D eigenvalue weighted by Crippen LogP contribution is 2.38. The summed E-state index contributed by atoms with van der Waals surface area (Å²) >= 11 is 0. The molecule has 2 heterocycles. The molecular weight excluding hydrogens is 897 g/mol. The number of hydrogen-bond acceptors (Lipinski definition) is 12. The van der Waals surface area contributed by atoms with Crippen LogP contribution >= 0.6 is 21.6 Å². The second-order valence-corrected chi connectivity index (χ2v) is 19.2. The molecule has 0 radical (unpaired) electrons. The lowest BCUT2D eigenvalue weighted by Crippen LogP contribution is -2.61. The molecule has 0 unspecified atom stereocenters. The molecule has 8 rings (SSSR count). The molecule has 2 saturated heterocycles. The van der Waals surface area contributed by atoms with E-state index in [1.54, 1.807) is 35.8 Å². The molecule has 68 heavy (non-hydrogen) atoms. The van der Waals surface area contributed by atoms with Gasteiger partial charge in [-0.15, -0.1) is 0 Å². The predicted molar refractivity (Wildman–Crippen MR) is 266 cm³/mol. The van der Waals surface area contributed by atoms with Crippen LogP contribution in [0.15, 0.2) is 182 Å². The molecule has 10 atom stereocenters. The van der Waals surface area contributed by atoms with Crippen molar-refractivity contribution in [2.45, 2.75) is 101 Å². The van der Waals surface area contributed by atoms with Gasteiger partial charge in [0, 0.05) is 25.7 Å². The first-order valence-electron chi connectivity index (χ1n) is 23.2. The van der Waals surface area contributed by atoms with Crippen LogP contribution in [0.2, 0.25) is 0 Å². The van der Waals surface area contributed by atoms with E-state index >= 15 is 0 Å². The molecule has 0 aromatic heterocycles. The zero-order chi connectivity index (χ0) is 46.6. The molecule has 2 aliphatic rings. The van der Waals surface area contributed by atoms with Gasteiger partial charge in [0.1, 0.15) is 36.6 Å². The minimum absolute atomic E-state index is 0.353. The summed E-state index contributed by atoms with van der Waals surface area (Å²) in [6.07, 6.45) is -5.57. The average Bonchev–Trinajstić information content (AvgIpc) is 3.40. The van der Waals surface area contributed by atoms with Gasteiger partial charge in [-0.3, -0.25) is 0 Å². The van der Waals surface area contributed by atoms with Gasteiger partial charge in [-0.2, -0.15) is 0 Å². The van der Waals surface area contributed by atoms with Gasteiger partial charge in [0.25, 0.3) is 0 Å². The molecule has 2 fully saturated rings. The molecule has 0 bridgehead atoms. The van der Waals surface area contributed by atoms with Crippen LogP contribution in [0.25, 0.3) is 0 Å². The average molecular weight is 959 g/mol. The van der Waals surface area contributed by atoms with Crippen LogP contribution in [0, 0.1) is 0 Å². The fraction of sp³-hybridized carbons (Fsp3) is 0.357. The van der Waals surface area contributed by atoms with Crippen molar-refractivity contribution in [1.82, 2.24) is 0 Å². The molecule has 0 N–H and O–H groups in total. The zero-order valence-electron chi connectivity index (χ0n) is 38.6. The highest BCUT2D eigenvalue weighted by atomic mass is 33.1. The standard InChI is InChI=1S/C56H62O10S2/c1-57-55-53(63-37-45-29-17-7-18-30-45)51(61-35-43-25-13-5-14-26-43)49(59-33-41-21-9-3-10-22-41)47(65-55)39-67-68-40-48-50(60-34-42-23-11-4-12-24-42)52(62-36-44-27-15-6-16-28-44)54(56(58-2)66-48)64-38-46-31-19-8-20-32-46/h3-32,47-56H,33-40H2,1-2H3/t47-,48-,49-,50-,51+,52+,53+,54+,55+,56+/m1/s1. The summed E-state index contributed by atoms with van der Waals surface area (Å²) in [6, 6.07) is 60.8. The maximum Gasteiger partial charge on any atom is 0.186 e. The second-order valence-electron chi connectivity index (χ2n) is 16.7. The minimum atomic E-state index is -0.720. The molecule has 0 saturated carbocycles. The predicted octanol–water partition coefficient (Wildman–Crippen LogP) is 10.6. The van der Waals surface area contributed by atoms with Crippen LogP contribution in [0.3, 0.4) is 0 Å². The molecule has 12 heteroatoms. The van der Waals surface area contributed by atoms with E-state index in [4.69, 9.17) is 47.4 Å². The first-order chi connectivity index (χ1) is 33.6. The van der Waals surface area contributed by atoms with Crippen molar-refractivity contribution in [3.63, 3.8) is 0 Å². The summed E-state index contributed by atoms with van der Waals surface area (Å²) in [7, 11) is 6.65. The fourth-order valence-electron chi connectivity index (χ4n) is 8.37. The Bertz CT molecular complexity index is 2110. The third kappa shape index (κ3) is 14.6. The Kier molecular flexibility index (Phi) is 20.0. The number of hydrogen-bond donors (Lipinski definition) is 0. The van der Waals surface area contributed by atoms with E-state index in [0.29, 0.717) is 51.1 Å². The lowest BCUT2D eigenvalue weighted by molar-refractivity contribution is -0.313. The van der Waals surface area contributed by atoms with E-state index < -0.39 is 61.4 Å². The van der Waals surface area contributed by atoms with E-state index in [9.17, 15) is 0 Å². The van der Waals surface area contributed by atoms with Crippen LogP contribution in [0.4, 0.5) is 0 Å². The first-order valence-corrected chi connectivity index (χ1v) is 25.7. The summed E-state index contributed by atoms with van der Waals surface area (Å²) in [6.45, 7) is 2.16. The molecule has 0 spiro atoms. The van der Waals surface area contributed by atoms with Crippen molar-refractivity contribution in [2.24, 2.45) is 0 Å². The van der Waals surface area contributed by atoms with E-state index in [0.717, 1.165) is 33.4 Å². The summed E-state index contributed by atoms with van der Waals surface area (Å²) in [5.41, 5.74) is 6.25. The maximum atomic E-state index is 6.87. The van der Waals surface area contributed by atoms with Gasteiger partial charge in [-0.05, 0) is 33.4 Å². The third-order valence-electron chi connectivity index (χ3n) is 11.9. The van der Waals surface area contributed by atoms with E-state index in [2.05, 4.69) is 48.5 Å². The Morgan fingerprint density at radius 2 is 0.529 bits per heavy atom.